The van der Waals surface area contributed by atoms with Crippen molar-refractivity contribution in [3.05, 3.63) is 29.8 Å². The number of carbonyl (C=O) groups is 1. The van der Waals surface area contributed by atoms with Gasteiger partial charge in [0.05, 0.1) is 0 Å². The number of carboxylic acid groups (broad SMARTS) is 1. The van der Waals surface area contributed by atoms with E-state index >= 15 is 0 Å². The van der Waals surface area contributed by atoms with Crippen molar-refractivity contribution < 1.29 is 14.6 Å². The van der Waals surface area contributed by atoms with E-state index in [4.69, 9.17) is 4.74 Å². The smallest absolute Gasteiger partial charge is 0.327 e. The fraction of sp³-hybridized carbons (Fsp3) is 0.500. The molecule has 4 nitrogen and oxygen atoms in total. The van der Waals surface area contributed by atoms with Crippen molar-refractivity contribution in [1.29, 1.82) is 0 Å². The molecule has 0 bridgehead atoms. The molecule has 1 aliphatic carbocycles. The van der Waals surface area contributed by atoms with Gasteiger partial charge in [-0.25, -0.2) is 0 Å². The lowest BCUT2D eigenvalue weighted by Gasteiger charge is -2.29. The Hall–Kier alpha value is -1.55. The average molecular weight is 249 g/mol. The SMILES string of the molecule is CNC(COc1ccccc1C)(C(=O)O)C1CC1. The summed E-state index contributed by atoms with van der Waals surface area (Å²) < 4.78 is 5.71. The molecule has 0 amide bonds. The minimum absolute atomic E-state index is 0.161. The van der Waals surface area contributed by atoms with Crippen molar-refractivity contribution in [2.45, 2.75) is 25.3 Å². The largest absolute Gasteiger partial charge is 0.491 e. The van der Waals surface area contributed by atoms with Crippen LogP contribution in [0.1, 0.15) is 18.4 Å². The van der Waals surface area contributed by atoms with E-state index in [-0.39, 0.29) is 12.5 Å². The molecule has 1 aromatic rings. The maximum absolute atomic E-state index is 11.5. The van der Waals surface area contributed by atoms with Gasteiger partial charge in [-0.1, -0.05) is 18.2 Å². The van der Waals surface area contributed by atoms with Crippen molar-refractivity contribution in [3.63, 3.8) is 0 Å². The normalized spacial score (nSPS) is 18.1. The van der Waals surface area contributed by atoms with Gasteiger partial charge in [0.25, 0.3) is 0 Å². The summed E-state index contributed by atoms with van der Waals surface area (Å²) in [5.74, 6) is 0.0872. The van der Waals surface area contributed by atoms with Crippen LogP contribution in [-0.2, 0) is 4.79 Å². The summed E-state index contributed by atoms with van der Waals surface area (Å²) in [5, 5.41) is 12.4. The number of rotatable bonds is 6. The molecule has 2 N–H and O–H groups in total. The Labute approximate surface area is 107 Å². The van der Waals surface area contributed by atoms with Crippen LogP contribution in [0.4, 0.5) is 0 Å². The summed E-state index contributed by atoms with van der Waals surface area (Å²) in [6, 6.07) is 7.64. The second-order valence-electron chi connectivity index (χ2n) is 4.85. The zero-order valence-electron chi connectivity index (χ0n) is 10.8. The van der Waals surface area contributed by atoms with Gasteiger partial charge < -0.3 is 15.2 Å². The molecule has 1 aromatic carbocycles. The first-order chi connectivity index (χ1) is 8.60. The molecule has 0 aliphatic heterocycles. The van der Waals surface area contributed by atoms with Gasteiger partial charge in [-0.15, -0.1) is 0 Å². The molecule has 4 heteroatoms. The number of hydrogen-bond donors (Lipinski definition) is 2. The minimum Gasteiger partial charge on any atom is -0.491 e. The van der Waals surface area contributed by atoms with Crippen LogP contribution in [0.5, 0.6) is 5.75 Å². The fourth-order valence-corrected chi connectivity index (χ4v) is 2.22. The van der Waals surface area contributed by atoms with Crippen LogP contribution in [0.25, 0.3) is 0 Å². The molecule has 1 atom stereocenters. The standard InChI is InChI=1S/C14H19NO3/c1-10-5-3-4-6-12(10)18-9-14(15-2,13(16)17)11-7-8-11/h3-6,11,15H,7-9H2,1-2H3,(H,16,17). The van der Waals surface area contributed by atoms with Crippen molar-refractivity contribution in [2.75, 3.05) is 13.7 Å². The summed E-state index contributed by atoms with van der Waals surface area (Å²) in [7, 11) is 1.69. The minimum atomic E-state index is -0.956. The Morgan fingerprint density at radius 1 is 1.50 bits per heavy atom. The summed E-state index contributed by atoms with van der Waals surface area (Å²) in [4.78, 5) is 11.5. The molecule has 18 heavy (non-hydrogen) atoms. The average Bonchev–Trinajstić information content (AvgIpc) is 3.17. The molecule has 98 valence electrons. The van der Waals surface area contributed by atoms with Crippen molar-refractivity contribution in [2.24, 2.45) is 5.92 Å². The predicted octanol–water partition coefficient (Wildman–Crippen LogP) is 1.83. The number of ether oxygens (including phenoxy) is 1. The van der Waals surface area contributed by atoms with Crippen molar-refractivity contribution in [3.8, 4) is 5.75 Å². The summed E-state index contributed by atoms with van der Waals surface area (Å²) in [6.45, 7) is 2.11. The Morgan fingerprint density at radius 3 is 2.67 bits per heavy atom. The van der Waals surface area contributed by atoms with Crippen LogP contribution in [0.15, 0.2) is 24.3 Å². The van der Waals surface area contributed by atoms with Crippen LogP contribution >= 0.6 is 0 Å². The molecular formula is C14H19NO3. The van der Waals surface area contributed by atoms with Crippen LogP contribution in [0.2, 0.25) is 0 Å². The molecule has 2 rings (SSSR count). The quantitative estimate of drug-likeness (QED) is 0.807. The Bertz CT molecular complexity index is 442. The fourth-order valence-electron chi connectivity index (χ4n) is 2.22. The molecule has 1 saturated carbocycles. The lowest BCUT2D eigenvalue weighted by Crippen LogP contribution is -2.56. The first-order valence-corrected chi connectivity index (χ1v) is 6.21. The van der Waals surface area contributed by atoms with Gasteiger partial charge in [0.15, 0.2) is 5.54 Å². The molecule has 0 heterocycles. The zero-order valence-corrected chi connectivity index (χ0v) is 10.8. The van der Waals surface area contributed by atoms with Gasteiger partial charge in [0.1, 0.15) is 12.4 Å². The van der Waals surface area contributed by atoms with E-state index in [1.54, 1.807) is 7.05 Å². The van der Waals surface area contributed by atoms with Gasteiger partial charge in [-0.05, 0) is 44.4 Å². The van der Waals surface area contributed by atoms with Gasteiger partial charge in [0.2, 0.25) is 0 Å². The topological polar surface area (TPSA) is 58.6 Å². The third-order valence-electron chi connectivity index (χ3n) is 3.65. The zero-order chi connectivity index (χ0) is 13.2. The highest BCUT2D eigenvalue weighted by atomic mass is 16.5. The summed E-state index contributed by atoms with van der Waals surface area (Å²) >= 11 is 0. The number of aliphatic carboxylic acids is 1. The second-order valence-corrected chi connectivity index (χ2v) is 4.85. The first-order valence-electron chi connectivity index (χ1n) is 6.21. The van der Waals surface area contributed by atoms with E-state index in [1.165, 1.54) is 0 Å². The van der Waals surface area contributed by atoms with E-state index in [9.17, 15) is 9.90 Å². The third-order valence-corrected chi connectivity index (χ3v) is 3.65. The maximum Gasteiger partial charge on any atom is 0.327 e. The predicted molar refractivity (Wildman–Crippen MR) is 68.8 cm³/mol. The van der Waals surface area contributed by atoms with E-state index < -0.39 is 11.5 Å². The lowest BCUT2D eigenvalue weighted by atomic mass is 9.94. The second kappa shape index (κ2) is 4.98. The van der Waals surface area contributed by atoms with E-state index in [2.05, 4.69) is 5.32 Å². The molecule has 1 aliphatic rings. The number of para-hydroxylation sites is 1. The van der Waals surface area contributed by atoms with Gasteiger partial charge in [-0.2, -0.15) is 0 Å². The number of nitrogens with one attached hydrogen (secondary N) is 1. The molecule has 0 radical (unpaired) electrons. The molecule has 1 fully saturated rings. The highest BCUT2D eigenvalue weighted by Gasteiger charge is 2.51. The van der Waals surface area contributed by atoms with Crippen LogP contribution in [0.3, 0.4) is 0 Å². The monoisotopic (exact) mass is 249 g/mol. The summed E-state index contributed by atoms with van der Waals surface area (Å²) in [6.07, 6.45) is 1.90. The Balaban J connectivity index is 2.11. The molecule has 0 spiro atoms. The molecule has 0 saturated heterocycles. The van der Waals surface area contributed by atoms with Crippen LogP contribution in [-0.4, -0.2) is 30.3 Å². The number of carboxylic acids is 1. The molecule has 0 aromatic heterocycles. The highest BCUT2D eigenvalue weighted by molar-refractivity contribution is 5.80. The highest BCUT2D eigenvalue weighted by Crippen LogP contribution is 2.40. The lowest BCUT2D eigenvalue weighted by molar-refractivity contribution is -0.147. The maximum atomic E-state index is 11.5. The molecule has 1 unspecified atom stereocenters. The van der Waals surface area contributed by atoms with Gasteiger partial charge in [0, 0.05) is 0 Å². The number of hydrogen-bond acceptors (Lipinski definition) is 3. The summed E-state index contributed by atoms with van der Waals surface area (Å²) in [5.41, 5.74) is 0.0612. The van der Waals surface area contributed by atoms with Crippen LogP contribution < -0.4 is 10.1 Å². The van der Waals surface area contributed by atoms with E-state index in [0.717, 1.165) is 24.2 Å². The van der Waals surface area contributed by atoms with E-state index in [1.807, 2.05) is 31.2 Å². The van der Waals surface area contributed by atoms with Gasteiger partial charge >= 0.3 is 5.97 Å². The number of likely N-dealkylation sites (N-methyl/N-ethyl adjacent to an activating group) is 1. The van der Waals surface area contributed by atoms with Crippen molar-refractivity contribution >= 4 is 5.97 Å². The van der Waals surface area contributed by atoms with Crippen molar-refractivity contribution in [1.82, 2.24) is 5.32 Å². The molecular weight excluding hydrogens is 230 g/mol. The first kappa shape index (κ1) is 12.9. The number of aryl methyl sites for hydroxylation is 1. The Morgan fingerprint density at radius 2 is 2.17 bits per heavy atom. The number of benzene rings is 1. The Kier molecular flexibility index (Phi) is 3.57. The van der Waals surface area contributed by atoms with Gasteiger partial charge in [-0.3, -0.25) is 4.79 Å². The van der Waals surface area contributed by atoms with E-state index in [0.29, 0.717) is 0 Å². The van der Waals surface area contributed by atoms with Crippen LogP contribution in [0, 0.1) is 12.8 Å². The third kappa shape index (κ3) is 2.34.